The van der Waals surface area contributed by atoms with Gasteiger partial charge in [0.2, 0.25) is 0 Å². The van der Waals surface area contributed by atoms with Crippen LogP contribution in [-0.2, 0) is 0 Å². The Morgan fingerprint density at radius 2 is 2.08 bits per heavy atom. The molecule has 0 spiro atoms. The smallest absolute Gasteiger partial charge is 0.120 e. The van der Waals surface area contributed by atoms with Gasteiger partial charge in [0.15, 0.2) is 0 Å². The van der Waals surface area contributed by atoms with E-state index in [0.29, 0.717) is 5.92 Å². The second-order valence-corrected chi connectivity index (χ2v) is 4.80. The lowest BCUT2D eigenvalue weighted by Crippen LogP contribution is -2.07. The molecule has 0 saturated heterocycles. The van der Waals surface area contributed by atoms with Crippen molar-refractivity contribution in [2.45, 2.75) is 44.9 Å². The van der Waals surface area contributed by atoms with Crippen LogP contribution in [0.15, 0.2) is 0 Å². The molecule has 66 valence electrons. The molecule has 0 aromatic carbocycles. The molecule has 1 heterocycles. The minimum Gasteiger partial charge on any atom is -0.143 e. The van der Waals surface area contributed by atoms with Crippen LogP contribution in [-0.4, -0.2) is 10.2 Å². The van der Waals surface area contributed by atoms with Gasteiger partial charge in [0, 0.05) is 11.8 Å². The van der Waals surface area contributed by atoms with Gasteiger partial charge in [0.05, 0.1) is 0 Å². The monoisotopic (exact) mass is 182 g/mol. The molecule has 1 aromatic rings. The molecular weight excluding hydrogens is 168 g/mol. The highest BCUT2D eigenvalue weighted by molar-refractivity contribution is 7.11. The number of hydrogen-bond donors (Lipinski definition) is 0. The van der Waals surface area contributed by atoms with Crippen LogP contribution in [0, 0.1) is 0 Å². The molecular formula is C9H14N2S. The molecule has 0 amide bonds. The zero-order chi connectivity index (χ0) is 8.55. The van der Waals surface area contributed by atoms with E-state index in [1.54, 1.807) is 11.3 Å². The Morgan fingerprint density at radius 3 is 2.50 bits per heavy atom. The van der Waals surface area contributed by atoms with Crippen LogP contribution in [0.5, 0.6) is 0 Å². The SMILES string of the molecule is CC(C)c1nnc(C2CCC2)s1. The quantitative estimate of drug-likeness (QED) is 0.702. The molecule has 1 fully saturated rings. The molecule has 0 aliphatic heterocycles. The van der Waals surface area contributed by atoms with Gasteiger partial charge < -0.3 is 0 Å². The van der Waals surface area contributed by atoms with Crippen molar-refractivity contribution in [3.8, 4) is 0 Å². The van der Waals surface area contributed by atoms with E-state index < -0.39 is 0 Å². The molecule has 0 radical (unpaired) electrons. The maximum absolute atomic E-state index is 4.23. The number of aromatic nitrogens is 2. The summed E-state index contributed by atoms with van der Waals surface area (Å²) >= 11 is 1.80. The zero-order valence-corrected chi connectivity index (χ0v) is 8.40. The van der Waals surface area contributed by atoms with Gasteiger partial charge in [-0.1, -0.05) is 20.3 Å². The third-order valence-electron chi connectivity index (χ3n) is 2.40. The average Bonchev–Trinajstić information content (AvgIpc) is 2.32. The summed E-state index contributed by atoms with van der Waals surface area (Å²) in [6.45, 7) is 4.34. The summed E-state index contributed by atoms with van der Waals surface area (Å²) in [7, 11) is 0. The molecule has 3 heteroatoms. The topological polar surface area (TPSA) is 25.8 Å². The summed E-state index contributed by atoms with van der Waals surface area (Å²) in [6.07, 6.45) is 4.03. The van der Waals surface area contributed by atoms with Gasteiger partial charge in [-0.3, -0.25) is 0 Å². The van der Waals surface area contributed by atoms with Crippen molar-refractivity contribution >= 4 is 11.3 Å². The van der Waals surface area contributed by atoms with Crippen LogP contribution in [0.3, 0.4) is 0 Å². The molecule has 0 atom stereocenters. The lowest BCUT2D eigenvalue weighted by Gasteiger charge is -2.21. The van der Waals surface area contributed by atoms with Crippen molar-refractivity contribution in [3.63, 3.8) is 0 Å². The first-order valence-electron chi connectivity index (χ1n) is 4.60. The first-order chi connectivity index (χ1) is 5.77. The minimum absolute atomic E-state index is 0.538. The summed E-state index contributed by atoms with van der Waals surface area (Å²) < 4.78 is 0. The lowest BCUT2D eigenvalue weighted by molar-refractivity contribution is 0.416. The molecule has 2 rings (SSSR count). The second kappa shape index (κ2) is 3.13. The van der Waals surface area contributed by atoms with Crippen molar-refractivity contribution in [1.82, 2.24) is 10.2 Å². The average molecular weight is 182 g/mol. The predicted molar refractivity (Wildman–Crippen MR) is 50.6 cm³/mol. The van der Waals surface area contributed by atoms with E-state index in [-0.39, 0.29) is 0 Å². The van der Waals surface area contributed by atoms with Gasteiger partial charge >= 0.3 is 0 Å². The Morgan fingerprint density at radius 1 is 1.33 bits per heavy atom. The molecule has 12 heavy (non-hydrogen) atoms. The Hall–Kier alpha value is -0.440. The number of hydrogen-bond acceptors (Lipinski definition) is 3. The third kappa shape index (κ3) is 1.38. The first kappa shape index (κ1) is 8.17. The fourth-order valence-corrected chi connectivity index (χ4v) is 2.32. The zero-order valence-electron chi connectivity index (χ0n) is 7.58. The fourth-order valence-electron chi connectivity index (χ4n) is 1.30. The second-order valence-electron chi connectivity index (χ2n) is 3.76. The van der Waals surface area contributed by atoms with E-state index in [1.165, 1.54) is 29.3 Å². The largest absolute Gasteiger partial charge is 0.143 e. The van der Waals surface area contributed by atoms with Crippen LogP contribution >= 0.6 is 11.3 Å². The van der Waals surface area contributed by atoms with E-state index in [2.05, 4.69) is 24.0 Å². The number of rotatable bonds is 2. The summed E-state index contributed by atoms with van der Waals surface area (Å²) in [4.78, 5) is 0. The van der Waals surface area contributed by atoms with Crippen LogP contribution in [0.4, 0.5) is 0 Å². The molecule has 0 N–H and O–H groups in total. The van der Waals surface area contributed by atoms with Gasteiger partial charge in [-0.25, -0.2) is 0 Å². The van der Waals surface area contributed by atoms with Gasteiger partial charge in [0.1, 0.15) is 10.0 Å². The predicted octanol–water partition coefficient (Wildman–Crippen LogP) is 2.93. The molecule has 1 saturated carbocycles. The Bertz CT molecular complexity index is 263. The molecule has 0 unspecified atom stereocenters. The summed E-state index contributed by atoms with van der Waals surface area (Å²) in [6, 6.07) is 0. The van der Waals surface area contributed by atoms with Gasteiger partial charge in [-0.05, 0) is 12.8 Å². The molecule has 1 aliphatic carbocycles. The molecule has 2 nitrogen and oxygen atoms in total. The minimum atomic E-state index is 0.538. The highest BCUT2D eigenvalue weighted by Crippen LogP contribution is 2.38. The van der Waals surface area contributed by atoms with Crippen LogP contribution in [0.2, 0.25) is 0 Å². The number of nitrogens with zero attached hydrogens (tertiary/aromatic N) is 2. The van der Waals surface area contributed by atoms with Gasteiger partial charge in [-0.2, -0.15) is 0 Å². The Balaban J connectivity index is 2.12. The maximum atomic E-state index is 4.23. The van der Waals surface area contributed by atoms with Crippen LogP contribution < -0.4 is 0 Å². The van der Waals surface area contributed by atoms with Gasteiger partial charge in [0.25, 0.3) is 0 Å². The molecule has 1 aliphatic rings. The Kier molecular flexibility index (Phi) is 2.13. The lowest BCUT2D eigenvalue weighted by atomic mass is 9.86. The first-order valence-corrected chi connectivity index (χ1v) is 5.42. The Labute approximate surface area is 77.0 Å². The highest BCUT2D eigenvalue weighted by Gasteiger charge is 2.23. The van der Waals surface area contributed by atoms with Gasteiger partial charge in [-0.15, -0.1) is 21.5 Å². The van der Waals surface area contributed by atoms with Crippen LogP contribution in [0.1, 0.15) is 55.0 Å². The molecule has 1 aromatic heterocycles. The van der Waals surface area contributed by atoms with Crippen molar-refractivity contribution in [1.29, 1.82) is 0 Å². The van der Waals surface area contributed by atoms with E-state index >= 15 is 0 Å². The third-order valence-corrected chi connectivity index (χ3v) is 3.79. The van der Waals surface area contributed by atoms with E-state index in [0.717, 1.165) is 5.92 Å². The van der Waals surface area contributed by atoms with Crippen LogP contribution in [0.25, 0.3) is 0 Å². The van der Waals surface area contributed by atoms with E-state index in [1.807, 2.05) is 0 Å². The summed E-state index contributed by atoms with van der Waals surface area (Å²) in [5, 5.41) is 10.9. The molecule has 0 bridgehead atoms. The van der Waals surface area contributed by atoms with Crippen molar-refractivity contribution in [2.75, 3.05) is 0 Å². The normalized spacial score (nSPS) is 18.2. The van der Waals surface area contributed by atoms with Crippen molar-refractivity contribution in [3.05, 3.63) is 10.0 Å². The maximum Gasteiger partial charge on any atom is 0.120 e. The van der Waals surface area contributed by atoms with Crippen molar-refractivity contribution < 1.29 is 0 Å². The summed E-state index contributed by atoms with van der Waals surface area (Å²) in [5.41, 5.74) is 0. The highest BCUT2D eigenvalue weighted by atomic mass is 32.1. The van der Waals surface area contributed by atoms with E-state index in [9.17, 15) is 0 Å². The standard InChI is InChI=1S/C9H14N2S/c1-6(2)8-10-11-9(12-8)7-4-3-5-7/h6-7H,3-5H2,1-2H3. The van der Waals surface area contributed by atoms with E-state index in [4.69, 9.17) is 0 Å². The van der Waals surface area contributed by atoms with Crippen molar-refractivity contribution in [2.24, 2.45) is 0 Å². The fraction of sp³-hybridized carbons (Fsp3) is 0.778. The summed E-state index contributed by atoms with van der Waals surface area (Å²) in [5.74, 6) is 1.28.